The zero-order chi connectivity index (χ0) is 17.0. The molecule has 1 saturated heterocycles. The fourth-order valence-electron chi connectivity index (χ4n) is 2.98. The maximum Gasteiger partial charge on any atom is 0.317 e. The van der Waals surface area contributed by atoms with Crippen molar-refractivity contribution >= 4 is 21.7 Å². The molecule has 0 spiro atoms. The van der Waals surface area contributed by atoms with Crippen molar-refractivity contribution in [1.82, 2.24) is 10.2 Å². The van der Waals surface area contributed by atoms with E-state index in [9.17, 15) is 13.2 Å². The number of carbonyl (C=O) groups excluding carboxylic acids is 1. The molecule has 7 heteroatoms. The summed E-state index contributed by atoms with van der Waals surface area (Å²) in [5, 5.41) is 2.90. The maximum absolute atomic E-state index is 12.4. The first-order valence-electron chi connectivity index (χ1n) is 7.88. The summed E-state index contributed by atoms with van der Waals surface area (Å²) < 4.78 is 25.3. The molecule has 0 aliphatic carbocycles. The summed E-state index contributed by atoms with van der Waals surface area (Å²) in [6.07, 6.45) is 3.18. The summed E-state index contributed by atoms with van der Waals surface area (Å²) in [7, 11) is -3.35. The Morgan fingerprint density at radius 3 is 2.70 bits per heavy atom. The van der Waals surface area contributed by atoms with E-state index in [0.717, 1.165) is 31.2 Å². The van der Waals surface area contributed by atoms with Crippen molar-refractivity contribution < 1.29 is 13.2 Å². The number of rotatable bonds is 5. The lowest BCUT2D eigenvalue weighted by Crippen LogP contribution is -2.44. The van der Waals surface area contributed by atoms with E-state index in [0.29, 0.717) is 18.2 Å². The number of hydrogen-bond donors (Lipinski definition) is 2. The zero-order valence-corrected chi connectivity index (χ0v) is 14.7. The summed E-state index contributed by atoms with van der Waals surface area (Å²) in [4.78, 5) is 14.3. The Labute approximate surface area is 138 Å². The third-order valence-corrected chi connectivity index (χ3v) is 4.66. The van der Waals surface area contributed by atoms with Gasteiger partial charge in [-0.1, -0.05) is 32.0 Å². The van der Waals surface area contributed by atoms with Crippen LogP contribution in [0, 0.1) is 5.92 Å². The van der Waals surface area contributed by atoms with Crippen LogP contribution in [0.4, 0.5) is 10.5 Å². The molecule has 2 N–H and O–H groups in total. The van der Waals surface area contributed by atoms with E-state index >= 15 is 0 Å². The predicted molar refractivity (Wildman–Crippen MR) is 91.7 cm³/mol. The molecule has 1 aliphatic rings. The standard InChI is InChI=1S/C16H25N3O3S/c1-12(2)15-9-6-10-19(15)16(20)17-11-13-7-4-5-8-14(13)18-23(3,21)22/h4-5,7-8,12,15,18H,6,9-11H2,1-3H3,(H,17,20)/t15-/m0/s1. The highest BCUT2D eigenvalue weighted by Gasteiger charge is 2.30. The summed E-state index contributed by atoms with van der Waals surface area (Å²) in [6.45, 7) is 5.32. The molecule has 2 amide bonds. The molecule has 0 unspecified atom stereocenters. The van der Waals surface area contributed by atoms with Gasteiger partial charge in [-0.25, -0.2) is 13.2 Å². The van der Waals surface area contributed by atoms with E-state index in [1.807, 2.05) is 11.0 Å². The average molecular weight is 339 g/mol. The van der Waals surface area contributed by atoms with Gasteiger partial charge in [0.2, 0.25) is 10.0 Å². The van der Waals surface area contributed by atoms with Crippen LogP contribution < -0.4 is 10.0 Å². The van der Waals surface area contributed by atoms with Crippen LogP contribution in [0.1, 0.15) is 32.3 Å². The van der Waals surface area contributed by atoms with Crippen LogP contribution in [0.2, 0.25) is 0 Å². The SMILES string of the molecule is CC(C)[C@@H]1CCCN1C(=O)NCc1ccccc1NS(C)(=O)=O. The third kappa shape index (κ3) is 4.86. The first-order chi connectivity index (χ1) is 10.8. The van der Waals surface area contributed by atoms with Crippen molar-refractivity contribution in [2.24, 2.45) is 5.92 Å². The van der Waals surface area contributed by atoms with Crippen LogP contribution in [0.25, 0.3) is 0 Å². The number of carbonyl (C=O) groups is 1. The van der Waals surface area contributed by atoms with Gasteiger partial charge < -0.3 is 10.2 Å². The van der Waals surface area contributed by atoms with Gasteiger partial charge in [-0.05, 0) is 30.4 Å². The molecule has 1 fully saturated rings. The van der Waals surface area contributed by atoms with Crippen molar-refractivity contribution in [1.29, 1.82) is 0 Å². The Morgan fingerprint density at radius 1 is 1.35 bits per heavy atom. The molecular formula is C16H25N3O3S. The Kier molecular flexibility index (Phi) is 5.51. The molecule has 0 radical (unpaired) electrons. The second-order valence-electron chi connectivity index (χ2n) is 6.34. The monoisotopic (exact) mass is 339 g/mol. The zero-order valence-electron chi connectivity index (χ0n) is 13.9. The van der Waals surface area contributed by atoms with E-state index in [1.54, 1.807) is 18.2 Å². The normalized spacial score (nSPS) is 18.3. The topological polar surface area (TPSA) is 78.5 Å². The Balaban J connectivity index is 2.02. The maximum atomic E-state index is 12.4. The largest absolute Gasteiger partial charge is 0.334 e. The predicted octanol–water partition coefficient (Wildman–Crippen LogP) is 2.39. The van der Waals surface area contributed by atoms with Gasteiger partial charge in [-0.2, -0.15) is 0 Å². The quantitative estimate of drug-likeness (QED) is 0.864. The number of para-hydroxylation sites is 1. The van der Waals surface area contributed by atoms with Crippen molar-refractivity contribution in [2.45, 2.75) is 39.3 Å². The second kappa shape index (κ2) is 7.21. The van der Waals surface area contributed by atoms with E-state index in [-0.39, 0.29) is 12.1 Å². The molecule has 1 heterocycles. The Morgan fingerprint density at radius 2 is 2.04 bits per heavy atom. The fraction of sp³-hybridized carbons (Fsp3) is 0.562. The molecule has 1 aromatic carbocycles. The summed E-state index contributed by atoms with van der Waals surface area (Å²) in [5.41, 5.74) is 1.24. The second-order valence-corrected chi connectivity index (χ2v) is 8.09. The third-order valence-electron chi connectivity index (χ3n) is 4.07. The van der Waals surface area contributed by atoms with E-state index < -0.39 is 10.0 Å². The summed E-state index contributed by atoms with van der Waals surface area (Å²) in [6, 6.07) is 7.26. The van der Waals surface area contributed by atoms with Crippen LogP contribution in [0.5, 0.6) is 0 Å². The van der Waals surface area contributed by atoms with Crippen LogP contribution in [0.3, 0.4) is 0 Å². The first kappa shape index (κ1) is 17.6. The van der Waals surface area contributed by atoms with Gasteiger partial charge in [-0.15, -0.1) is 0 Å². The van der Waals surface area contributed by atoms with Gasteiger partial charge in [0.25, 0.3) is 0 Å². The number of anilines is 1. The van der Waals surface area contributed by atoms with Gasteiger partial charge in [-0.3, -0.25) is 4.72 Å². The fourth-order valence-corrected chi connectivity index (χ4v) is 3.58. The van der Waals surface area contributed by atoms with Crippen molar-refractivity contribution in [3.05, 3.63) is 29.8 Å². The number of nitrogens with zero attached hydrogens (tertiary/aromatic N) is 1. The smallest absolute Gasteiger partial charge is 0.317 e. The number of benzene rings is 1. The van der Waals surface area contributed by atoms with Gasteiger partial charge in [0.05, 0.1) is 11.9 Å². The highest BCUT2D eigenvalue weighted by Crippen LogP contribution is 2.24. The average Bonchev–Trinajstić information content (AvgIpc) is 2.94. The number of nitrogens with one attached hydrogen (secondary N) is 2. The summed E-state index contributed by atoms with van der Waals surface area (Å²) in [5.74, 6) is 0.433. The van der Waals surface area contributed by atoms with Gasteiger partial charge in [0.1, 0.15) is 0 Å². The molecule has 1 aromatic rings. The first-order valence-corrected chi connectivity index (χ1v) is 9.77. The summed E-state index contributed by atoms with van der Waals surface area (Å²) >= 11 is 0. The van der Waals surface area contributed by atoms with Crippen LogP contribution in [0.15, 0.2) is 24.3 Å². The number of hydrogen-bond acceptors (Lipinski definition) is 3. The number of urea groups is 1. The van der Waals surface area contributed by atoms with Gasteiger partial charge in [0, 0.05) is 19.1 Å². The highest BCUT2D eigenvalue weighted by atomic mass is 32.2. The van der Waals surface area contributed by atoms with Crippen LogP contribution >= 0.6 is 0 Å². The van der Waals surface area contributed by atoms with Crippen LogP contribution in [-0.4, -0.2) is 38.2 Å². The molecule has 0 aromatic heterocycles. The Bertz CT molecular complexity index is 658. The minimum atomic E-state index is -3.35. The molecule has 128 valence electrons. The molecule has 0 bridgehead atoms. The van der Waals surface area contributed by atoms with Crippen molar-refractivity contribution in [3.8, 4) is 0 Å². The van der Waals surface area contributed by atoms with E-state index in [1.165, 1.54) is 0 Å². The molecule has 2 rings (SSSR count). The highest BCUT2D eigenvalue weighted by molar-refractivity contribution is 7.92. The minimum absolute atomic E-state index is 0.0876. The van der Waals surface area contributed by atoms with Crippen LogP contribution in [-0.2, 0) is 16.6 Å². The Hall–Kier alpha value is -1.76. The lowest BCUT2D eigenvalue weighted by atomic mass is 10.0. The molecule has 1 atom stereocenters. The molecule has 0 saturated carbocycles. The van der Waals surface area contributed by atoms with Crippen molar-refractivity contribution in [2.75, 3.05) is 17.5 Å². The van der Waals surface area contributed by atoms with E-state index in [2.05, 4.69) is 23.9 Å². The van der Waals surface area contributed by atoms with Gasteiger partial charge >= 0.3 is 6.03 Å². The lowest BCUT2D eigenvalue weighted by molar-refractivity contribution is 0.178. The van der Waals surface area contributed by atoms with Gasteiger partial charge in [0.15, 0.2) is 0 Å². The number of sulfonamides is 1. The number of likely N-dealkylation sites (tertiary alicyclic amines) is 1. The van der Waals surface area contributed by atoms with Crippen molar-refractivity contribution in [3.63, 3.8) is 0 Å². The number of amides is 2. The molecular weight excluding hydrogens is 314 g/mol. The molecule has 6 nitrogen and oxygen atoms in total. The molecule has 23 heavy (non-hydrogen) atoms. The molecule has 1 aliphatic heterocycles. The lowest BCUT2D eigenvalue weighted by Gasteiger charge is -2.28. The minimum Gasteiger partial charge on any atom is -0.334 e. The van der Waals surface area contributed by atoms with E-state index in [4.69, 9.17) is 0 Å².